The summed E-state index contributed by atoms with van der Waals surface area (Å²) in [4.78, 5) is 16.8. The van der Waals surface area contributed by atoms with Crippen molar-refractivity contribution < 1.29 is 15.0 Å². The highest BCUT2D eigenvalue weighted by Crippen LogP contribution is 2.44. The molecule has 0 aromatic rings. The third-order valence-corrected chi connectivity index (χ3v) is 6.06. The summed E-state index contributed by atoms with van der Waals surface area (Å²) in [5.74, 6) is 0.820. The Labute approximate surface area is 119 Å². The first kappa shape index (κ1) is 13.0. The first-order valence-electron chi connectivity index (χ1n) is 8.07. The quantitative estimate of drug-likeness (QED) is 0.646. The van der Waals surface area contributed by atoms with Gasteiger partial charge in [0.2, 0.25) is 0 Å². The maximum atomic E-state index is 12.3. The van der Waals surface area contributed by atoms with Gasteiger partial charge in [0.25, 0.3) is 5.91 Å². The fourth-order valence-electron chi connectivity index (χ4n) is 5.26. The number of hydrogen-bond acceptors (Lipinski definition) is 4. The van der Waals surface area contributed by atoms with Gasteiger partial charge in [-0.15, -0.1) is 0 Å². The van der Waals surface area contributed by atoms with E-state index in [-0.39, 0.29) is 11.9 Å². The molecule has 6 atom stereocenters. The highest BCUT2D eigenvalue weighted by atomic mass is 16.3. The maximum absolute atomic E-state index is 12.3. The topological polar surface area (TPSA) is 64.0 Å². The number of carbonyl (C=O) groups is 1. The molecule has 5 nitrogen and oxygen atoms in total. The molecular formula is C15H24N2O3. The molecule has 1 amide bonds. The monoisotopic (exact) mass is 280 g/mol. The molecule has 0 aromatic heterocycles. The largest absolute Gasteiger partial charge is 0.390 e. The summed E-state index contributed by atoms with van der Waals surface area (Å²) in [5.41, 5.74) is 0. The third kappa shape index (κ3) is 1.76. The van der Waals surface area contributed by atoms with E-state index in [2.05, 4.69) is 4.90 Å². The van der Waals surface area contributed by atoms with Crippen LogP contribution in [0.4, 0.5) is 0 Å². The van der Waals surface area contributed by atoms with Crippen molar-refractivity contribution in [1.82, 2.24) is 9.80 Å². The average molecular weight is 280 g/mol. The summed E-state index contributed by atoms with van der Waals surface area (Å²) < 4.78 is 0. The van der Waals surface area contributed by atoms with Crippen molar-refractivity contribution in [2.45, 2.75) is 56.4 Å². The number of nitrogens with zero attached hydrogens (tertiary/aromatic N) is 2. The highest BCUT2D eigenvalue weighted by molar-refractivity contribution is 5.82. The SMILES string of the molecule is O=C1C(O)C(O)CC2C3CCCN4CCCC(CN12)C34. The van der Waals surface area contributed by atoms with Gasteiger partial charge in [-0.05, 0) is 57.0 Å². The van der Waals surface area contributed by atoms with Gasteiger partial charge in [0.05, 0.1) is 6.10 Å². The Morgan fingerprint density at radius 3 is 2.65 bits per heavy atom. The smallest absolute Gasteiger partial charge is 0.254 e. The Bertz CT molecular complexity index is 414. The van der Waals surface area contributed by atoms with Crippen LogP contribution in [0.25, 0.3) is 0 Å². The Kier molecular flexibility index (Phi) is 3.05. The number of carbonyl (C=O) groups excluding carboxylic acids is 1. The zero-order chi connectivity index (χ0) is 13.9. The molecule has 4 rings (SSSR count). The molecule has 5 heteroatoms. The van der Waals surface area contributed by atoms with Crippen molar-refractivity contribution in [3.8, 4) is 0 Å². The second-order valence-electron chi connectivity index (χ2n) is 7.04. The second kappa shape index (κ2) is 4.68. The molecule has 4 saturated heterocycles. The molecule has 2 N–H and O–H groups in total. The van der Waals surface area contributed by atoms with Crippen LogP contribution in [0.5, 0.6) is 0 Å². The summed E-state index contributed by atoms with van der Waals surface area (Å²) in [6, 6.07) is 0.747. The highest BCUT2D eigenvalue weighted by Gasteiger charge is 2.53. The summed E-state index contributed by atoms with van der Waals surface area (Å²) in [6.07, 6.45) is 3.26. The Hall–Kier alpha value is -0.650. The number of piperidine rings is 4. The van der Waals surface area contributed by atoms with E-state index in [0.717, 1.165) is 13.0 Å². The van der Waals surface area contributed by atoms with E-state index >= 15 is 0 Å². The molecule has 20 heavy (non-hydrogen) atoms. The number of hydrogen-bond donors (Lipinski definition) is 2. The van der Waals surface area contributed by atoms with Crippen LogP contribution < -0.4 is 0 Å². The van der Waals surface area contributed by atoms with Crippen LogP contribution in [-0.2, 0) is 4.79 Å². The van der Waals surface area contributed by atoms with Gasteiger partial charge in [0.1, 0.15) is 0 Å². The van der Waals surface area contributed by atoms with Crippen molar-refractivity contribution in [3.05, 3.63) is 0 Å². The minimum absolute atomic E-state index is 0.142. The van der Waals surface area contributed by atoms with Crippen molar-refractivity contribution in [3.63, 3.8) is 0 Å². The third-order valence-electron chi connectivity index (χ3n) is 6.06. The van der Waals surface area contributed by atoms with Crippen molar-refractivity contribution in [1.29, 1.82) is 0 Å². The Balaban J connectivity index is 1.66. The summed E-state index contributed by atoms with van der Waals surface area (Å²) in [5, 5.41) is 19.8. The lowest BCUT2D eigenvalue weighted by atomic mass is 9.67. The van der Waals surface area contributed by atoms with E-state index < -0.39 is 12.2 Å². The molecule has 4 fully saturated rings. The van der Waals surface area contributed by atoms with Gasteiger partial charge in [-0.3, -0.25) is 9.69 Å². The first-order chi connectivity index (χ1) is 9.66. The molecule has 0 aromatic carbocycles. The average Bonchev–Trinajstić information content (AvgIpc) is 2.47. The van der Waals surface area contributed by atoms with Gasteiger partial charge < -0.3 is 15.1 Å². The van der Waals surface area contributed by atoms with Crippen LogP contribution in [0.15, 0.2) is 0 Å². The van der Waals surface area contributed by atoms with E-state index in [1.54, 1.807) is 0 Å². The summed E-state index contributed by atoms with van der Waals surface area (Å²) in [6.45, 7) is 3.18. The summed E-state index contributed by atoms with van der Waals surface area (Å²) >= 11 is 0. The molecule has 0 spiro atoms. The number of rotatable bonds is 0. The molecule has 112 valence electrons. The van der Waals surface area contributed by atoms with Gasteiger partial charge in [0.15, 0.2) is 6.10 Å². The molecule has 6 unspecified atom stereocenters. The van der Waals surface area contributed by atoms with Crippen LogP contribution in [0.3, 0.4) is 0 Å². The molecule has 0 aliphatic carbocycles. The molecule has 4 heterocycles. The predicted molar refractivity (Wildman–Crippen MR) is 72.9 cm³/mol. The van der Waals surface area contributed by atoms with Crippen LogP contribution in [0, 0.1) is 11.8 Å². The van der Waals surface area contributed by atoms with E-state index in [1.165, 1.54) is 32.4 Å². The molecule has 4 aliphatic heterocycles. The van der Waals surface area contributed by atoms with Crippen LogP contribution in [0.2, 0.25) is 0 Å². The lowest BCUT2D eigenvalue weighted by Gasteiger charge is -2.59. The van der Waals surface area contributed by atoms with Gasteiger partial charge in [-0.25, -0.2) is 0 Å². The van der Waals surface area contributed by atoms with Crippen molar-refractivity contribution in [2.75, 3.05) is 19.6 Å². The van der Waals surface area contributed by atoms with Gasteiger partial charge >= 0.3 is 0 Å². The van der Waals surface area contributed by atoms with Crippen LogP contribution >= 0.6 is 0 Å². The lowest BCUT2D eigenvalue weighted by Crippen LogP contribution is -2.69. The molecular weight excluding hydrogens is 256 g/mol. The van der Waals surface area contributed by atoms with Gasteiger partial charge in [-0.1, -0.05) is 0 Å². The number of fused-ring (bicyclic) bond motifs is 2. The van der Waals surface area contributed by atoms with E-state index in [1.807, 2.05) is 4.90 Å². The predicted octanol–water partition coefficient (Wildman–Crippen LogP) is -0.187. The van der Waals surface area contributed by atoms with Crippen LogP contribution in [0.1, 0.15) is 32.1 Å². The molecule has 0 saturated carbocycles. The minimum atomic E-state index is -1.20. The standard InChI is InChI=1S/C15H24N2O3/c18-12-7-11-10-4-2-6-16-5-1-3-9(13(10)16)8-17(11)15(20)14(12)19/h9-14,18-19H,1-8H2. The van der Waals surface area contributed by atoms with Gasteiger partial charge in [-0.2, -0.15) is 0 Å². The van der Waals surface area contributed by atoms with Crippen molar-refractivity contribution in [2.24, 2.45) is 11.8 Å². The minimum Gasteiger partial charge on any atom is -0.390 e. The first-order valence-corrected chi connectivity index (χ1v) is 8.07. The zero-order valence-corrected chi connectivity index (χ0v) is 11.8. The number of amides is 1. The lowest BCUT2D eigenvalue weighted by molar-refractivity contribution is -0.174. The Morgan fingerprint density at radius 1 is 1.10 bits per heavy atom. The van der Waals surface area contributed by atoms with Crippen LogP contribution in [-0.4, -0.2) is 69.8 Å². The number of aliphatic hydroxyl groups is 2. The molecule has 0 bridgehead atoms. The molecule has 4 aliphatic rings. The van der Waals surface area contributed by atoms with E-state index in [4.69, 9.17) is 0 Å². The van der Waals surface area contributed by atoms with Crippen molar-refractivity contribution >= 4 is 5.91 Å². The van der Waals surface area contributed by atoms with E-state index in [9.17, 15) is 15.0 Å². The molecule has 0 radical (unpaired) electrons. The van der Waals surface area contributed by atoms with E-state index in [0.29, 0.717) is 24.3 Å². The van der Waals surface area contributed by atoms with Gasteiger partial charge in [0, 0.05) is 18.6 Å². The normalized spacial score (nSPS) is 48.7. The maximum Gasteiger partial charge on any atom is 0.254 e. The fraction of sp³-hybridized carbons (Fsp3) is 0.933. The summed E-state index contributed by atoms with van der Waals surface area (Å²) in [7, 11) is 0. The second-order valence-corrected chi connectivity index (χ2v) is 7.04. The fourth-order valence-corrected chi connectivity index (χ4v) is 5.26. The Morgan fingerprint density at radius 2 is 1.85 bits per heavy atom. The number of aliphatic hydroxyl groups excluding tert-OH is 2. The zero-order valence-electron chi connectivity index (χ0n) is 11.8.